The number of amides is 1. The highest BCUT2D eigenvalue weighted by Gasteiger charge is 2.54. The maximum atomic E-state index is 12.9. The number of hydrogen-bond acceptors (Lipinski definition) is 2. The monoisotopic (exact) mass is 362 g/mol. The molecular formula is C24H30N2O. The van der Waals surface area contributed by atoms with E-state index in [-0.39, 0.29) is 5.91 Å². The standard InChI is InChI=1S/C24H30N2O/c1-18(2)26-17-24(22(26)20-9-5-4-6-10-20)12-14-25(15-13-24)23(27)21-11-7-8-19(3)16-21/h4-11,16,18,22H,12-15,17H2,1-3H3. The van der Waals surface area contributed by atoms with E-state index in [0.29, 0.717) is 17.5 Å². The van der Waals surface area contributed by atoms with Crippen molar-refractivity contribution >= 4 is 5.91 Å². The lowest BCUT2D eigenvalue weighted by molar-refractivity contribution is -0.124. The van der Waals surface area contributed by atoms with Crippen LogP contribution in [0.2, 0.25) is 0 Å². The number of aryl methyl sites for hydroxylation is 1. The lowest BCUT2D eigenvalue weighted by atomic mass is 9.62. The molecule has 0 N–H and O–H groups in total. The van der Waals surface area contributed by atoms with Crippen molar-refractivity contribution in [3.8, 4) is 0 Å². The van der Waals surface area contributed by atoms with E-state index < -0.39 is 0 Å². The van der Waals surface area contributed by atoms with E-state index >= 15 is 0 Å². The van der Waals surface area contributed by atoms with E-state index in [1.807, 2.05) is 31.2 Å². The second kappa shape index (κ2) is 7.12. The van der Waals surface area contributed by atoms with Gasteiger partial charge in [0.25, 0.3) is 5.91 Å². The summed E-state index contributed by atoms with van der Waals surface area (Å²) in [5.41, 5.74) is 3.71. The van der Waals surface area contributed by atoms with E-state index in [4.69, 9.17) is 0 Å². The second-order valence-corrected chi connectivity index (χ2v) is 8.60. The van der Waals surface area contributed by atoms with Crippen molar-refractivity contribution in [3.63, 3.8) is 0 Å². The average Bonchev–Trinajstić information content (AvgIpc) is 2.66. The van der Waals surface area contributed by atoms with Gasteiger partial charge in [0, 0.05) is 42.7 Å². The Morgan fingerprint density at radius 1 is 1.04 bits per heavy atom. The second-order valence-electron chi connectivity index (χ2n) is 8.60. The smallest absolute Gasteiger partial charge is 0.253 e. The third-order valence-corrected chi connectivity index (χ3v) is 6.50. The highest BCUT2D eigenvalue weighted by Crippen LogP contribution is 2.55. The maximum absolute atomic E-state index is 12.9. The molecule has 2 aliphatic heterocycles. The van der Waals surface area contributed by atoms with E-state index in [1.165, 1.54) is 5.56 Å². The van der Waals surface area contributed by atoms with Crippen LogP contribution >= 0.6 is 0 Å². The van der Waals surface area contributed by atoms with Crippen molar-refractivity contribution < 1.29 is 4.79 Å². The number of nitrogens with zero attached hydrogens (tertiary/aromatic N) is 2. The quantitative estimate of drug-likeness (QED) is 0.791. The van der Waals surface area contributed by atoms with Crippen molar-refractivity contribution in [2.75, 3.05) is 19.6 Å². The van der Waals surface area contributed by atoms with Gasteiger partial charge in [0.15, 0.2) is 0 Å². The molecule has 3 heteroatoms. The maximum Gasteiger partial charge on any atom is 0.253 e. The summed E-state index contributed by atoms with van der Waals surface area (Å²) < 4.78 is 0. The van der Waals surface area contributed by atoms with Crippen LogP contribution in [0.3, 0.4) is 0 Å². The first kappa shape index (κ1) is 18.2. The van der Waals surface area contributed by atoms with E-state index in [0.717, 1.165) is 43.6 Å². The third kappa shape index (κ3) is 3.29. The van der Waals surface area contributed by atoms with Crippen LogP contribution in [0.5, 0.6) is 0 Å². The first-order valence-electron chi connectivity index (χ1n) is 10.2. The van der Waals surface area contributed by atoms with Crippen molar-refractivity contribution in [1.29, 1.82) is 0 Å². The van der Waals surface area contributed by atoms with Crippen molar-refractivity contribution in [2.24, 2.45) is 5.41 Å². The molecule has 27 heavy (non-hydrogen) atoms. The van der Waals surface area contributed by atoms with Crippen LogP contribution in [0, 0.1) is 12.3 Å². The van der Waals surface area contributed by atoms with Gasteiger partial charge in [-0.3, -0.25) is 9.69 Å². The van der Waals surface area contributed by atoms with Gasteiger partial charge in [0.1, 0.15) is 0 Å². The molecule has 0 aromatic heterocycles. The molecule has 0 aliphatic carbocycles. The minimum Gasteiger partial charge on any atom is -0.339 e. The Balaban J connectivity index is 1.50. The van der Waals surface area contributed by atoms with Gasteiger partial charge in [-0.2, -0.15) is 0 Å². The van der Waals surface area contributed by atoms with Crippen molar-refractivity contribution in [1.82, 2.24) is 9.80 Å². The van der Waals surface area contributed by atoms with Crippen LogP contribution in [0.15, 0.2) is 54.6 Å². The zero-order chi connectivity index (χ0) is 19.0. The first-order chi connectivity index (χ1) is 13.0. The first-order valence-corrected chi connectivity index (χ1v) is 10.2. The topological polar surface area (TPSA) is 23.6 Å². The Labute approximate surface area is 163 Å². The summed E-state index contributed by atoms with van der Waals surface area (Å²) in [6, 6.07) is 19.9. The van der Waals surface area contributed by atoms with Gasteiger partial charge in [0.2, 0.25) is 0 Å². The summed E-state index contributed by atoms with van der Waals surface area (Å²) in [5.74, 6) is 0.185. The molecule has 2 saturated heterocycles. The highest BCUT2D eigenvalue weighted by molar-refractivity contribution is 5.94. The van der Waals surface area contributed by atoms with E-state index in [2.05, 4.69) is 54.0 Å². The molecule has 4 rings (SSSR count). The Bertz CT molecular complexity index is 806. The normalized spacial score (nSPS) is 22.1. The molecule has 0 radical (unpaired) electrons. The fourth-order valence-corrected chi connectivity index (χ4v) is 4.99. The molecule has 142 valence electrons. The van der Waals surface area contributed by atoms with Crippen LogP contribution in [0.4, 0.5) is 0 Å². The van der Waals surface area contributed by atoms with Crippen LogP contribution in [-0.4, -0.2) is 41.4 Å². The lowest BCUT2D eigenvalue weighted by Gasteiger charge is -2.62. The van der Waals surface area contributed by atoms with Gasteiger partial charge in [-0.1, -0.05) is 48.0 Å². The Kier molecular flexibility index (Phi) is 4.81. The Morgan fingerprint density at radius 3 is 2.37 bits per heavy atom. The minimum absolute atomic E-state index is 0.185. The number of rotatable bonds is 3. The van der Waals surface area contributed by atoms with E-state index in [1.54, 1.807) is 0 Å². The van der Waals surface area contributed by atoms with Crippen molar-refractivity contribution in [2.45, 2.75) is 45.7 Å². The molecule has 1 atom stereocenters. The average molecular weight is 363 g/mol. The van der Waals surface area contributed by atoms with Gasteiger partial charge < -0.3 is 4.90 Å². The van der Waals surface area contributed by atoms with Gasteiger partial charge >= 0.3 is 0 Å². The van der Waals surface area contributed by atoms with Crippen molar-refractivity contribution in [3.05, 3.63) is 71.3 Å². The number of benzene rings is 2. The lowest BCUT2D eigenvalue weighted by Crippen LogP contribution is -2.64. The third-order valence-electron chi connectivity index (χ3n) is 6.50. The zero-order valence-electron chi connectivity index (χ0n) is 16.7. The van der Waals surface area contributed by atoms with Gasteiger partial charge in [-0.25, -0.2) is 0 Å². The number of hydrogen-bond donors (Lipinski definition) is 0. The van der Waals surface area contributed by atoms with E-state index in [9.17, 15) is 4.79 Å². The summed E-state index contributed by atoms with van der Waals surface area (Å²) >= 11 is 0. The molecule has 2 heterocycles. The Morgan fingerprint density at radius 2 is 1.74 bits per heavy atom. The van der Waals surface area contributed by atoms with Crippen LogP contribution in [0.25, 0.3) is 0 Å². The molecule has 0 saturated carbocycles. The van der Waals surface area contributed by atoms with Gasteiger partial charge in [-0.15, -0.1) is 0 Å². The fourth-order valence-electron chi connectivity index (χ4n) is 4.99. The Hall–Kier alpha value is -2.13. The van der Waals surface area contributed by atoms with Crippen LogP contribution in [0.1, 0.15) is 54.2 Å². The fraction of sp³-hybridized carbons (Fsp3) is 0.458. The summed E-state index contributed by atoms with van der Waals surface area (Å²) in [6.07, 6.45) is 2.18. The number of carbonyl (C=O) groups excluding carboxylic acids is 1. The highest BCUT2D eigenvalue weighted by atomic mass is 16.2. The summed E-state index contributed by atoms with van der Waals surface area (Å²) in [4.78, 5) is 17.6. The summed E-state index contributed by atoms with van der Waals surface area (Å²) in [6.45, 7) is 9.50. The molecule has 3 nitrogen and oxygen atoms in total. The predicted octanol–water partition coefficient (Wildman–Crippen LogP) is 4.68. The summed E-state index contributed by atoms with van der Waals surface area (Å²) in [5, 5.41) is 0. The molecule has 2 aromatic carbocycles. The molecule has 2 aliphatic rings. The van der Waals surface area contributed by atoms with Gasteiger partial charge in [-0.05, 0) is 51.3 Å². The van der Waals surface area contributed by atoms with Crippen LogP contribution < -0.4 is 0 Å². The molecule has 1 unspecified atom stereocenters. The molecule has 2 fully saturated rings. The van der Waals surface area contributed by atoms with Gasteiger partial charge in [0.05, 0.1) is 0 Å². The predicted molar refractivity (Wildman–Crippen MR) is 110 cm³/mol. The molecule has 2 aromatic rings. The molecular weight excluding hydrogens is 332 g/mol. The molecule has 0 bridgehead atoms. The molecule has 1 amide bonds. The number of carbonyl (C=O) groups is 1. The largest absolute Gasteiger partial charge is 0.339 e. The minimum atomic E-state index is 0.185. The summed E-state index contributed by atoms with van der Waals surface area (Å²) in [7, 11) is 0. The zero-order valence-corrected chi connectivity index (χ0v) is 16.7. The van der Waals surface area contributed by atoms with Crippen LogP contribution in [-0.2, 0) is 0 Å². The number of piperidine rings is 1. The SMILES string of the molecule is Cc1cccc(C(=O)N2CCC3(CC2)CN(C(C)C)C3c2ccccc2)c1. The molecule has 1 spiro atoms. The number of likely N-dealkylation sites (tertiary alicyclic amines) is 2.